The van der Waals surface area contributed by atoms with Gasteiger partial charge in [-0.1, -0.05) is 42.7 Å². The molecule has 0 aliphatic heterocycles. The largest absolute Gasteiger partial charge is 0.493 e. The highest BCUT2D eigenvalue weighted by Gasteiger charge is 2.27. The smallest absolute Gasteiger partial charge is 0.203 e. The van der Waals surface area contributed by atoms with E-state index in [4.69, 9.17) is 26.4 Å². The molecule has 5 nitrogen and oxygen atoms in total. The third-order valence-electron chi connectivity index (χ3n) is 5.72. The minimum atomic E-state index is 0.431. The Balaban J connectivity index is 1.80. The van der Waals surface area contributed by atoms with Crippen molar-refractivity contribution in [3.05, 3.63) is 53.1 Å². The van der Waals surface area contributed by atoms with E-state index in [1.807, 2.05) is 12.1 Å². The molecule has 2 aromatic carbocycles. The summed E-state index contributed by atoms with van der Waals surface area (Å²) in [5.74, 6) is 1.97. The first-order chi connectivity index (χ1) is 14.6. The van der Waals surface area contributed by atoms with E-state index < -0.39 is 0 Å². The molecule has 1 fully saturated rings. The molecule has 0 amide bonds. The predicted molar refractivity (Wildman–Crippen MR) is 125 cm³/mol. The Morgan fingerprint density at radius 2 is 1.63 bits per heavy atom. The van der Waals surface area contributed by atoms with Gasteiger partial charge in [0.2, 0.25) is 5.75 Å². The molecule has 1 aliphatic carbocycles. The van der Waals surface area contributed by atoms with E-state index in [9.17, 15) is 0 Å². The molecule has 3 rings (SSSR count). The molecule has 2 aromatic rings. The molecule has 0 heterocycles. The van der Waals surface area contributed by atoms with Crippen LogP contribution in [0.1, 0.15) is 42.4 Å². The van der Waals surface area contributed by atoms with Gasteiger partial charge in [0.25, 0.3) is 0 Å². The summed E-state index contributed by atoms with van der Waals surface area (Å²) in [6, 6.07) is 12.9. The fraction of sp³-hybridized carbons (Fsp3) is 0.458. The highest BCUT2D eigenvalue weighted by molar-refractivity contribution is 7.80. The topological polar surface area (TPSA) is 43.0 Å². The van der Waals surface area contributed by atoms with Gasteiger partial charge in [0.15, 0.2) is 16.6 Å². The van der Waals surface area contributed by atoms with Gasteiger partial charge < -0.3 is 24.4 Å². The van der Waals surface area contributed by atoms with Crippen molar-refractivity contribution in [3.63, 3.8) is 0 Å². The van der Waals surface area contributed by atoms with E-state index in [1.165, 1.54) is 24.0 Å². The Morgan fingerprint density at radius 1 is 0.967 bits per heavy atom. The molecule has 1 saturated carbocycles. The van der Waals surface area contributed by atoms with Crippen molar-refractivity contribution in [2.24, 2.45) is 0 Å². The number of ether oxygens (including phenoxy) is 3. The van der Waals surface area contributed by atoms with E-state index in [-0.39, 0.29) is 0 Å². The number of hydrogen-bond acceptors (Lipinski definition) is 4. The molecule has 0 bridgehead atoms. The second-order valence-electron chi connectivity index (χ2n) is 7.70. The quantitative estimate of drug-likeness (QED) is 0.607. The fourth-order valence-corrected chi connectivity index (χ4v) is 4.32. The number of methoxy groups -OCH3 is 3. The van der Waals surface area contributed by atoms with Crippen LogP contribution in [0.15, 0.2) is 36.4 Å². The summed E-state index contributed by atoms with van der Waals surface area (Å²) in [5, 5.41) is 4.24. The summed E-state index contributed by atoms with van der Waals surface area (Å²) in [4.78, 5) is 2.31. The third-order valence-corrected chi connectivity index (χ3v) is 6.10. The molecule has 1 N–H and O–H groups in total. The summed E-state index contributed by atoms with van der Waals surface area (Å²) in [6.45, 7) is 3.47. The molecule has 162 valence electrons. The third kappa shape index (κ3) is 5.17. The molecular formula is C24H32N2O3S. The van der Waals surface area contributed by atoms with Crippen LogP contribution in [-0.4, -0.2) is 37.4 Å². The van der Waals surface area contributed by atoms with Crippen molar-refractivity contribution >= 4 is 17.3 Å². The number of rotatable bonds is 8. The van der Waals surface area contributed by atoms with Gasteiger partial charge in [0.1, 0.15) is 0 Å². The zero-order valence-electron chi connectivity index (χ0n) is 18.4. The molecule has 0 spiro atoms. The molecular weight excluding hydrogens is 396 g/mol. The maximum Gasteiger partial charge on any atom is 0.203 e. The summed E-state index contributed by atoms with van der Waals surface area (Å²) >= 11 is 5.84. The minimum absolute atomic E-state index is 0.431. The fourth-order valence-electron chi connectivity index (χ4n) is 4.04. The van der Waals surface area contributed by atoms with Crippen LogP contribution in [0.25, 0.3) is 0 Å². The SMILES string of the molecule is COc1ccc(CN(C(=S)NCc2ccc(C)cc2)C2CCCC2)c(OC)c1OC. The van der Waals surface area contributed by atoms with E-state index in [0.29, 0.717) is 36.4 Å². The van der Waals surface area contributed by atoms with Crippen molar-refractivity contribution < 1.29 is 14.2 Å². The van der Waals surface area contributed by atoms with Crippen molar-refractivity contribution in [2.75, 3.05) is 21.3 Å². The lowest BCUT2D eigenvalue weighted by molar-refractivity contribution is 0.289. The van der Waals surface area contributed by atoms with Gasteiger partial charge in [-0.3, -0.25) is 0 Å². The maximum absolute atomic E-state index is 5.84. The minimum Gasteiger partial charge on any atom is -0.493 e. The van der Waals surface area contributed by atoms with Crippen molar-refractivity contribution in [2.45, 2.75) is 51.7 Å². The first-order valence-electron chi connectivity index (χ1n) is 10.4. The monoisotopic (exact) mass is 428 g/mol. The standard InChI is InChI=1S/C24H32N2O3S/c1-17-9-11-18(12-10-17)15-25-24(30)26(20-7-5-6-8-20)16-19-13-14-21(27-2)23(29-4)22(19)28-3/h9-14,20H,5-8,15-16H2,1-4H3,(H,25,30). The summed E-state index contributed by atoms with van der Waals surface area (Å²) in [7, 11) is 4.92. The molecule has 6 heteroatoms. The highest BCUT2D eigenvalue weighted by atomic mass is 32.1. The Labute approximate surface area is 185 Å². The molecule has 0 atom stereocenters. The average Bonchev–Trinajstić information content (AvgIpc) is 3.30. The number of benzene rings is 2. The first-order valence-corrected chi connectivity index (χ1v) is 10.9. The van der Waals surface area contributed by atoms with Gasteiger partial charge in [-0.05, 0) is 49.7 Å². The summed E-state index contributed by atoms with van der Waals surface area (Å²) in [6.07, 6.45) is 4.79. The van der Waals surface area contributed by atoms with Crippen molar-refractivity contribution in [3.8, 4) is 17.2 Å². The van der Waals surface area contributed by atoms with Gasteiger partial charge in [-0.2, -0.15) is 0 Å². The predicted octanol–water partition coefficient (Wildman–Crippen LogP) is 4.84. The Morgan fingerprint density at radius 3 is 2.23 bits per heavy atom. The lowest BCUT2D eigenvalue weighted by Crippen LogP contribution is -2.44. The van der Waals surface area contributed by atoms with Gasteiger partial charge in [0, 0.05) is 24.7 Å². The van der Waals surface area contributed by atoms with Gasteiger partial charge in [-0.25, -0.2) is 0 Å². The van der Waals surface area contributed by atoms with E-state index in [0.717, 1.165) is 23.5 Å². The van der Waals surface area contributed by atoms with Crippen LogP contribution in [0, 0.1) is 6.92 Å². The van der Waals surface area contributed by atoms with Gasteiger partial charge in [0.05, 0.1) is 21.3 Å². The lowest BCUT2D eigenvalue weighted by atomic mass is 10.1. The highest BCUT2D eigenvalue weighted by Crippen LogP contribution is 2.40. The maximum atomic E-state index is 5.84. The molecule has 0 saturated heterocycles. The van der Waals surface area contributed by atoms with Crippen LogP contribution in [0.3, 0.4) is 0 Å². The molecule has 0 aromatic heterocycles. The molecule has 30 heavy (non-hydrogen) atoms. The van der Waals surface area contributed by atoms with Crippen LogP contribution >= 0.6 is 12.2 Å². The number of nitrogens with one attached hydrogen (secondary N) is 1. The summed E-state index contributed by atoms with van der Waals surface area (Å²) in [5.41, 5.74) is 3.51. The Hall–Kier alpha value is -2.47. The van der Waals surface area contributed by atoms with Gasteiger partial charge in [-0.15, -0.1) is 0 Å². The molecule has 0 radical (unpaired) electrons. The summed E-state index contributed by atoms with van der Waals surface area (Å²) < 4.78 is 16.7. The molecule has 0 unspecified atom stereocenters. The first kappa shape index (κ1) is 22.2. The van der Waals surface area contributed by atoms with Crippen LogP contribution in [0.5, 0.6) is 17.2 Å². The zero-order valence-corrected chi connectivity index (χ0v) is 19.2. The lowest BCUT2D eigenvalue weighted by Gasteiger charge is -2.32. The van der Waals surface area contributed by atoms with Crippen LogP contribution < -0.4 is 19.5 Å². The Kier molecular flexibility index (Phi) is 7.80. The zero-order chi connectivity index (χ0) is 21.5. The van der Waals surface area contributed by atoms with E-state index in [1.54, 1.807) is 21.3 Å². The van der Waals surface area contributed by atoms with Crippen LogP contribution in [0.4, 0.5) is 0 Å². The van der Waals surface area contributed by atoms with Crippen molar-refractivity contribution in [1.29, 1.82) is 0 Å². The number of aryl methyl sites for hydroxylation is 1. The van der Waals surface area contributed by atoms with E-state index >= 15 is 0 Å². The second kappa shape index (κ2) is 10.5. The van der Waals surface area contributed by atoms with Crippen LogP contribution in [-0.2, 0) is 13.1 Å². The number of hydrogen-bond donors (Lipinski definition) is 1. The van der Waals surface area contributed by atoms with Crippen LogP contribution in [0.2, 0.25) is 0 Å². The van der Waals surface area contributed by atoms with E-state index in [2.05, 4.69) is 41.4 Å². The second-order valence-corrected chi connectivity index (χ2v) is 8.09. The average molecular weight is 429 g/mol. The molecule has 1 aliphatic rings. The number of nitrogens with zero attached hydrogens (tertiary/aromatic N) is 1. The number of thiocarbonyl (C=S) groups is 1. The Bertz CT molecular complexity index is 848. The van der Waals surface area contributed by atoms with Gasteiger partial charge >= 0.3 is 0 Å². The normalized spacial score (nSPS) is 13.7. The van der Waals surface area contributed by atoms with Crippen molar-refractivity contribution in [1.82, 2.24) is 10.2 Å².